The van der Waals surface area contributed by atoms with Gasteiger partial charge in [-0.25, -0.2) is 0 Å². The van der Waals surface area contributed by atoms with Crippen LogP contribution < -0.4 is 0 Å². The molecule has 20 heavy (non-hydrogen) atoms. The van der Waals surface area contributed by atoms with Gasteiger partial charge < -0.3 is 4.67 Å². The van der Waals surface area contributed by atoms with Crippen LogP contribution in [0.2, 0.25) is 0 Å². The van der Waals surface area contributed by atoms with Crippen LogP contribution >= 0.6 is 8.37 Å². The molecule has 3 aliphatic rings. The number of hydrogen-bond donors (Lipinski definition) is 0. The van der Waals surface area contributed by atoms with Crippen LogP contribution in [-0.2, 0) is 0 Å². The highest BCUT2D eigenvalue weighted by atomic mass is 31.2. The zero-order valence-electron chi connectivity index (χ0n) is 13.1. The first kappa shape index (κ1) is 16.0. The minimum Gasteiger partial charge on any atom is -0.324 e. The fourth-order valence-corrected chi connectivity index (χ4v) is 5.76. The van der Waals surface area contributed by atoms with Gasteiger partial charge in [-0.3, -0.25) is 14.2 Å². The first-order valence-electron chi connectivity index (χ1n) is 7.94. The second-order valence-electron chi connectivity index (χ2n) is 5.51. The Bertz CT molecular complexity index is 325. The van der Waals surface area contributed by atoms with Gasteiger partial charge in [0.2, 0.25) is 0 Å². The van der Waals surface area contributed by atoms with E-state index >= 15 is 0 Å². The van der Waals surface area contributed by atoms with Crippen molar-refractivity contribution in [3.8, 4) is 0 Å². The quantitative estimate of drug-likeness (QED) is 0.571. The standard InChI is InChI=1S/C15H29N4P/c1-4-7-17-13-10-16-11-14-18(8-5-2)20(17)19(9-6-3)15-12-16/h7H,1,5-6,8-15H2,2-3H3. The van der Waals surface area contributed by atoms with Crippen LogP contribution in [0.3, 0.4) is 0 Å². The number of hydrogen-bond acceptors (Lipinski definition) is 4. The Labute approximate surface area is 125 Å². The van der Waals surface area contributed by atoms with E-state index in [1.165, 1.54) is 58.7 Å². The predicted octanol–water partition coefficient (Wildman–Crippen LogP) is 2.57. The third kappa shape index (κ3) is 3.84. The largest absolute Gasteiger partial charge is 0.324 e. The summed E-state index contributed by atoms with van der Waals surface area (Å²) in [7, 11) is -0.370. The summed E-state index contributed by atoms with van der Waals surface area (Å²) in [4.78, 5) is 2.61. The minimum absolute atomic E-state index is 0.370. The third-order valence-electron chi connectivity index (χ3n) is 3.93. The van der Waals surface area contributed by atoms with Crippen molar-refractivity contribution >= 4 is 8.37 Å². The molecule has 0 atom stereocenters. The summed E-state index contributed by atoms with van der Waals surface area (Å²) in [6, 6.07) is 0. The van der Waals surface area contributed by atoms with Gasteiger partial charge in [0.05, 0.1) is 0 Å². The molecule has 0 radical (unpaired) electrons. The molecule has 4 nitrogen and oxygen atoms in total. The lowest BCUT2D eigenvalue weighted by atomic mass is 10.4. The molecule has 3 heterocycles. The fraction of sp³-hybridized carbons (Fsp3) is 0.800. The Morgan fingerprint density at radius 3 is 2.00 bits per heavy atom. The van der Waals surface area contributed by atoms with Crippen molar-refractivity contribution in [2.45, 2.75) is 26.7 Å². The van der Waals surface area contributed by atoms with E-state index in [1.54, 1.807) is 0 Å². The smallest absolute Gasteiger partial charge is 0.149 e. The molecule has 0 saturated carbocycles. The van der Waals surface area contributed by atoms with Gasteiger partial charge in [-0.2, -0.15) is 0 Å². The van der Waals surface area contributed by atoms with Gasteiger partial charge in [-0.1, -0.05) is 20.4 Å². The van der Waals surface area contributed by atoms with Crippen molar-refractivity contribution in [2.24, 2.45) is 0 Å². The Morgan fingerprint density at radius 2 is 1.50 bits per heavy atom. The van der Waals surface area contributed by atoms with Crippen LogP contribution in [-0.4, -0.2) is 71.3 Å². The van der Waals surface area contributed by atoms with Crippen molar-refractivity contribution in [1.29, 1.82) is 0 Å². The Balaban J connectivity index is 2.27. The summed E-state index contributed by atoms with van der Waals surface area (Å²) in [5, 5.41) is 0. The SMILES string of the molecule is C=C=CN1CC[N@]2CCN(CCC)[P@@]1N(CCC)CC2. The molecule has 0 aromatic heterocycles. The van der Waals surface area contributed by atoms with E-state index in [2.05, 4.69) is 51.3 Å². The van der Waals surface area contributed by atoms with Crippen molar-refractivity contribution in [1.82, 2.24) is 18.9 Å². The van der Waals surface area contributed by atoms with Gasteiger partial charge in [-0.15, -0.1) is 5.73 Å². The van der Waals surface area contributed by atoms with E-state index in [9.17, 15) is 0 Å². The van der Waals surface area contributed by atoms with Gasteiger partial charge >= 0.3 is 0 Å². The van der Waals surface area contributed by atoms with Crippen LogP contribution in [0.5, 0.6) is 0 Å². The predicted molar refractivity (Wildman–Crippen MR) is 87.5 cm³/mol. The number of rotatable bonds is 5. The van der Waals surface area contributed by atoms with Crippen LogP contribution in [0.4, 0.5) is 0 Å². The monoisotopic (exact) mass is 296 g/mol. The molecule has 0 aromatic carbocycles. The van der Waals surface area contributed by atoms with Crippen molar-refractivity contribution in [3.05, 3.63) is 18.5 Å². The van der Waals surface area contributed by atoms with Crippen LogP contribution in [0, 0.1) is 0 Å². The Kier molecular flexibility index (Phi) is 6.54. The molecule has 2 bridgehead atoms. The highest BCUT2D eigenvalue weighted by Crippen LogP contribution is 2.49. The lowest BCUT2D eigenvalue weighted by Crippen LogP contribution is -2.51. The molecule has 5 heteroatoms. The summed E-state index contributed by atoms with van der Waals surface area (Å²) in [6.07, 6.45) is 4.54. The number of nitrogens with zero attached hydrogens (tertiary/aromatic N) is 4. The maximum absolute atomic E-state index is 3.79. The molecule has 0 N–H and O–H groups in total. The molecule has 3 saturated heterocycles. The Morgan fingerprint density at radius 1 is 0.950 bits per heavy atom. The first-order chi connectivity index (χ1) is 9.80. The zero-order chi connectivity index (χ0) is 14.4. The lowest BCUT2D eigenvalue weighted by Gasteiger charge is -2.49. The molecular formula is C15H29N4P. The van der Waals surface area contributed by atoms with Gasteiger partial charge in [0.15, 0.2) is 0 Å². The summed E-state index contributed by atoms with van der Waals surface area (Å²) >= 11 is 0. The molecule has 3 aliphatic heterocycles. The summed E-state index contributed by atoms with van der Waals surface area (Å²) in [5.74, 6) is 0. The summed E-state index contributed by atoms with van der Waals surface area (Å²) < 4.78 is 7.90. The maximum Gasteiger partial charge on any atom is 0.149 e. The van der Waals surface area contributed by atoms with Gasteiger partial charge in [0.25, 0.3) is 0 Å². The molecule has 3 fully saturated rings. The van der Waals surface area contributed by atoms with E-state index in [0.717, 1.165) is 6.54 Å². The molecule has 114 valence electrons. The Hall–Kier alpha value is -0.370. The molecule has 0 unspecified atom stereocenters. The van der Waals surface area contributed by atoms with E-state index in [4.69, 9.17) is 0 Å². The van der Waals surface area contributed by atoms with Gasteiger partial charge in [0, 0.05) is 58.6 Å². The topological polar surface area (TPSA) is 13.0 Å². The van der Waals surface area contributed by atoms with Crippen LogP contribution in [0.15, 0.2) is 18.5 Å². The van der Waals surface area contributed by atoms with Crippen LogP contribution in [0.1, 0.15) is 26.7 Å². The number of fused-ring (bicyclic) bond motifs is 6. The highest BCUT2D eigenvalue weighted by molar-refractivity contribution is 7.50. The average Bonchev–Trinajstić information content (AvgIpc) is 2.40. The second kappa shape index (κ2) is 8.17. The van der Waals surface area contributed by atoms with E-state index in [0.29, 0.717) is 0 Å². The average molecular weight is 296 g/mol. The molecule has 0 amide bonds. The lowest BCUT2D eigenvalue weighted by molar-refractivity contribution is 0.177. The third-order valence-corrected chi connectivity index (χ3v) is 6.52. The van der Waals surface area contributed by atoms with Gasteiger partial charge in [-0.05, 0) is 12.8 Å². The first-order valence-corrected chi connectivity index (χ1v) is 9.14. The molecule has 0 spiro atoms. The summed E-state index contributed by atoms with van der Waals surface area (Å²) in [6.45, 7) is 17.9. The minimum atomic E-state index is -0.370. The van der Waals surface area contributed by atoms with E-state index in [1.807, 2.05) is 0 Å². The normalized spacial score (nSPS) is 28.6. The molecular weight excluding hydrogens is 267 g/mol. The van der Waals surface area contributed by atoms with Crippen molar-refractivity contribution in [3.63, 3.8) is 0 Å². The highest BCUT2D eigenvalue weighted by Gasteiger charge is 2.34. The van der Waals surface area contributed by atoms with Gasteiger partial charge in [0.1, 0.15) is 8.37 Å². The molecule has 0 aromatic rings. The molecule has 3 rings (SSSR count). The van der Waals surface area contributed by atoms with Crippen LogP contribution in [0.25, 0.3) is 0 Å². The summed E-state index contributed by atoms with van der Waals surface area (Å²) in [5.41, 5.74) is 3.01. The second-order valence-corrected chi connectivity index (χ2v) is 7.70. The fourth-order valence-electron chi connectivity index (χ4n) is 3.01. The van der Waals surface area contributed by atoms with E-state index < -0.39 is 0 Å². The maximum atomic E-state index is 3.79. The van der Waals surface area contributed by atoms with Crippen molar-refractivity contribution < 1.29 is 0 Å². The molecule has 0 aliphatic carbocycles. The zero-order valence-corrected chi connectivity index (χ0v) is 14.0. The van der Waals surface area contributed by atoms with E-state index in [-0.39, 0.29) is 8.37 Å². The van der Waals surface area contributed by atoms with Crippen molar-refractivity contribution in [2.75, 3.05) is 52.4 Å².